The van der Waals surface area contributed by atoms with Gasteiger partial charge in [0.1, 0.15) is 0 Å². The molecule has 1 N–H and O–H groups in total. The number of amides is 1. The average Bonchev–Trinajstić information content (AvgIpc) is 2.28. The molecule has 0 unspecified atom stereocenters. The second-order valence-corrected chi connectivity index (χ2v) is 3.99. The summed E-state index contributed by atoms with van der Waals surface area (Å²) < 4.78 is 4.63. The van der Waals surface area contributed by atoms with E-state index in [1.165, 1.54) is 7.11 Å². The van der Waals surface area contributed by atoms with E-state index in [1.807, 2.05) is 30.3 Å². The van der Waals surface area contributed by atoms with Gasteiger partial charge in [0.25, 0.3) is 0 Å². The minimum atomic E-state index is -0.226. The van der Waals surface area contributed by atoms with E-state index in [2.05, 4.69) is 10.1 Å². The highest BCUT2D eigenvalue weighted by Gasteiger charge is 2.30. The van der Waals surface area contributed by atoms with Crippen molar-refractivity contribution >= 4 is 11.8 Å². The van der Waals surface area contributed by atoms with Gasteiger partial charge in [0.05, 0.1) is 7.11 Å². The summed E-state index contributed by atoms with van der Waals surface area (Å²) in [5.41, 5.74) is 1.12. The lowest BCUT2D eigenvalue weighted by molar-refractivity contribution is 0.0716. The van der Waals surface area contributed by atoms with Crippen LogP contribution in [-0.4, -0.2) is 37.7 Å². The monoisotopic (exact) mass is 220 g/mol. The van der Waals surface area contributed by atoms with Crippen LogP contribution in [0, 0.1) is 5.92 Å². The molecule has 1 aromatic rings. The van der Waals surface area contributed by atoms with Crippen LogP contribution in [0.5, 0.6) is 0 Å². The van der Waals surface area contributed by atoms with Gasteiger partial charge in [0.15, 0.2) is 0 Å². The lowest BCUT2D eigenvalue weighted by Gasteiger charge is -2.38. The minimum Gasteiger partial charge on any atom is -0.453 e. The zero-order chi connectivity index (χ0) is 11.4. The van der Waals surface area contributed by atoms with E-state index < -0.39 is 0 Å². The lowest BCUT2D eigenvalue weighted by atomic mass is 10.0. The molecule has 4 nitrogen and oxygen atoms in total. The van der Waals surface area contributed by atoms with Crippen molar-refractivity contribution in [1.29, 1.82) is 0 Å². The van der Waals surface area contributed by atoms with Crippen LogP contribution in [0.2, 0.25) is 0 Å². The highest BCUT2D eigenvalue weighted by atomic mass is 16.5. The number of hydrogen-bond donors (Lipinski definition) is 1. The molecule has 86 valence electrons. The molecule has 2 rings (SSSR count). The predicted molar refractivity (Wildman–Crippen MR) is 62.4 cm³/mol. The van der Waals surface area contributed by atoms with Gasteiger partial charge in [-0.3, -0.25) is 0 Å². The Morgan fingerprint density at radius 2 is 2.12 bits per heavy atom. The van der Waals surface area contributed by atoms with Gasteiger partial charge in [-0.25, -0.2) is 4.79 Å². The Morgan fingerprint density at radius 1 is 1.44 bits per heavy atom. The average molecular weight is 220 g/mol. The highest BCUT2D eigenvalue weighted by molar-refractivity contribution is 5.68. The number of benzene rings is 1. The van der Waals surface area contributed by atoms with Gasteiger partial charge in [-0.2, -0.15) is 0 Å². The number of methoxy groups -OCH3 is 1. The largest absolute Gasteiger partial charge is 0.453 e. The van der Waals surface area contributed by atoms with Crippen molar-refractivity contribution in [3.8, 4) is 0 Å². The SMILES string of the molecule is COC(=O)N1CC(CNc2ccccc2)C1. The van der Waals surface area contributed by atoms with E-state index >= 15 is 0 Å². The molecule has 0 saturated carbocycles. The van der Waals surface area contributed by atoms with Crippen LogP contribution in [0.25, 0.3) is 0 Å². The van der Waals surface area contributed by atoms with E-state index in [1.54, 1.807) is 4.90 Å². The van der Waals surface area contributed by atoms with Crippen LogP contribution in [0.4, 0.5) is 10.5 Å². The molecule has 0 radical (unpaired) electrons. The summed E-state index contributed by atoms with van der Waals surface area (Å²) in [6, 6.07) is 10.1. The highest BCUT2D eigenvalue weighted by Crippen LogP contribution is 2.17. The van der Waals surface area contributed by atoms with Crippen LogP contribution < -0.4 is 5.32 Å². The number of hydrogen-bond acceptors (Lipinski definition) is 3. The number of rotatable bonds is 3. The predicted octanol–water partition coefficient (Wildman–Crippen LogP) is 1.80. The quantitative estimate of drug-likeness (QED) is 0.844. The molecule has 4 heteroatoms. The third kappa shape index (κ3) is 2.45. The van der Waals surface area contributed by atoms with Crippen molar-refractivity contribution in [3.05, 3.63) is 30.3 Å². The molecule has 1 amide bonds. The maximum atomic E-state index is 11.1. The number of nitrogens with zero attached hydrogens (tertiary/aromatic N) is 1. The second-order valence-electron chi connectivity index (χ2n) is 3.99. The Hall–Kier alpha value is -1.71. The molecule has 1 saturated heterocycles. The summed E-state index contributed by atoms with van der Waals surface area (Å²) in [6.45, 7) is 2.47. The zero-order valence-electron chi connectivity index (χ0n) is 9.35. The molecule has 1 aromatic carbocycles. The first-order valence-corrected chi connectivity index (χ1v) is 5.41. The van der Waals surface area contributed by atoms with Crippen LogP contribution in [0.1, 0.15) is 0 Å². The minimum absolute atomic E-state index is 0.226. The van der Waals surface area contributed by atoms with E-state index in [0.717, 1.165) is 25.3 Å². The van der Waals surface area contributed by atoms with E-state index in [9.17, 15) is 4.79 Å². The topological polar surface area (TPSA) is 41.6 Å². The maximum absolute atomic E-state index is 11.1. The molecule has 0 bridgehead atoms. The molecule has 1 fully saturated rings. The van der Waals surface area contributed by atoms with E-state index in [4.69, 9.17) is 0 Å². The van der Waals surface area contributed by atoms with Gasteiger partial charge >= 0.3 is 6.09 Å². The Morgan fingerprint density at radius 3 is 2.75 bits per heavy atom. The van der Waals surface area contributed by atoms with Gasteiger partial charge in [0, 0.05) is 31.2 Å². The first-order valence-electron chi connectivity index (χ1n) is 5.41. The molecule has 1 heterocycles. The van der Waals surface area contributed by atoms with Crippen molar-refractivity contribution in [2.45, 2.75) is 0 Å². The fourth-order valence-electron chi connectivity index (χ4n) is 1.80. The van der Waals surface area contributed by atoms with Gasteiger partial charge in [-0.05, 0) is 12.1 Å². The summed E-state index contributed by atoms with van der Waals surface area (Å²) in [7, 11) is 1.41. The van der Waals surface area contributed by atoms with Crippen molar-refractivity contribution in [1.82, 2.24) is 4.90 Å². The molecule has 0 atom stereocenters. The van der Waals surface area contributed by atoms with Gasteiger partial charge < -0.3 is 15.0 Å². The molecule has 0 aliphatic carbocycles. The summed E-state index contributed by atoms with van der Waals surface area (Å²) in [6.07, 6.45) is -0.226. The molecule has 0 spiro atoms. The third-order valence-corrected chi connectivity index (χ3v) is 2.76. The number of likely N-dealkylation sites (tertiary alicyclic amines) is 1. The molecule has 1 aliphatic rings. The molecule has 16 heavy (non-hydrogen) atoms. The van der Waals surface area contributed by atoms with Crippen LogP contribution in [0.3, 0.4) is 0 Å². The van der Waals surface area contributed by atoms with Gasteiger partial charge in [-0.15, -0.1) is 0 Å². The van der Waals surface area contributed by atoms with Gasteiger partial charge in [0.2, 0.25) is 0 Å². The Labute approximate surface area is 95.2 Å². The first-order chi connectivity index (χ1) is 7.79. The zero-order valence-corrected chi connectivity index (χ0v) is 9.35. The maximum Gasteiger partial charge on any atom is 0.409 e. The molecular weight excluding hydrogens is 204 g/mol. The summed E-state index contributed by atoms with van der Waals surface area (Å²) in [5, 5.41) is 3.35. The number of carbonyl (C=O) groups excluding carboxylic acids is 1. The van der Waals surface area contributed by atoms with Crippen LogP contribution in [-0.2, 0) is 4.74 Å². The van der Waals surface area contributed by atoms with Crippen LogP contribution in [0.15, 0.2) is 30.3 Å². The Kier molecular flexibility index (Phi) is 3.29. The molecule has 0 aromatic heterocycles. The van der Waals surface area contributed by atoms with E-state index in [0.29, 0.717) is 5.92 Å². The smallest absolute Gasteiger partial charge is 0.409 e. The molecule has 1 aliphatic heterocycles. The lowest BCUT2D eigenvalue weighted by Crippen LogP contribution is -2.52. The number of nitrogens with one attached hydrogen (secondary N) is 1. The van der Waals surface area contributed by atoms with Crippen molar-refractivity contribution in [2.24, 2.45) is 5.92 Å². The fourth-order valence-corrected chi connectivity index (χ4v) is 1.80. The number of ether oxygens (including phenoxy) is 1. The standard InChI is InChI=1S/C12H16N2O2/c1-16-12(15)14-8-10(9-14)7-13-11-5-3-2-4-6-11/h2-6,10,13H,7-9H2,1H3. The number of para-hydroxylation sites is 1. The molecular formula is C12H16N2O2. The van der Waals surface area contributed by atoms with Gasteiger partial charge in [-0.1, -0.05) is 18.2 Å². The van der Waals surface area contributed by atoms with Crippen molar-refractivity contribution < 1.29 is 9.53 Å². The second kappa shape index (κ2) is 4.88. The van der Waals surface area contributed by atoms with Crippen molar-refractivity contribution in [3.63, 3.8) is 0 Å². The van der Waals surface area contributed by atoms with Crippen LogP contribution >= 0.6 is 0 Å². The number of anilines is 1. The summed E-state index contributed by atoms with van der Waals surface area (Å²) in [4.78, 5) is 12.8. The summed E-state index contributed by atoms with van der Waals surface area (Å²) in [5.74, 6) is 0.527. The normalized spacial score (nSPS) is 15.4. The first kappa shape index (κ1) is 10.8. The Bertz CT molecular complexity index is 347. The number of carbonyl (C=O) groups is 1. The van der Waals surface area contributed by atoms with Crippen molar-refractivity contribution in [2.75, 3.05) is 32.1 Å². The third-order valence-electron chi connectivity index (χ3n) is 2.76. The Balaban J connectivity index is 1.69. The summed E-state index contributed by atoms with van der Waals surface area (Å²) >= 11 is 0. The van der Waals surface area contributed by atoms with E-state index in [-0.39, 0.29) is 6.09 Å². The fraction of sp³-hybridized carbons (Fsp3) is 0.417.